The van der Waals surface area contributed by atoms with Crippen molar-refractivity contribution in [1.82, 2.24) is 15.0 Å². The molecule has 2 aromatic heterocycles. The van der Waals surface area contributed by atoms with E-state index in [9.17, 15) is 8.78 Å². The molecule has 4 rings (SSSR count). The van der Waals surface area contributed by atoms with Crippen LogP contribution in [0.15, 0.2) is 11.4 Å². The van der Waals surface area contributed by atoms with Crippen molar-refractivity contribution in [1.29, 1.82) is 0 Å². The molecule has 26 heavy (non-hydrogen) atoms. The Labute approximate surface area is 155 Å². The Balaban J connectivity index is 1.59. The molecule has 0 amide bonds. The summed E-state index contributed by atoms with van der Waals surface area (Å²) in [7, 11) is 2.04. The molecule has 5 nitrogen and oxygen atoms in total. The predicted molar refractivity (Wildman–Crippen MR) is 100 cm³/mol. The van der Waals surface area contributed by atoms with Crippen molar-refractivity contribution in [3.63, 3.8) is 0 Å². The standard InChI is InChI=1S/C18H23F2N5S/c1-11-10-26-17(21-11)16-23-14(9-15(24-16)25(2)13-3-4-13)22-12-5-7-18(19,20)8-6-12/h9-10,12-13H,3-8H2,1-2H3,(H,22,23,24). The van der Waals surface area contributed by atoms with Crippen molar-refractivity contribution in [2.75, 3.05) is 17.3 Å². The highest BCUT2D eigenvalue weighted by Gasteiger charge is 2.35. The molecule has 0 spiro atoms. The lowest BCUT2D eigenvalue weighted by molar-refractivity contribution is -0.0361. The maximum absolute atomic E-state index is 13.4. The molecule has 2 saturated carbocycles. The van der Waals surface area contributed by atoms with Gasteiger partial charge in [0.25, 0.3) is 0 Å². The van der Waals surface area contributed by atoms with Gasteiger partial charge in [0.05, 0.1) is 0 Å². The Morgan fingerprint density at radius 3 is 2.50 bits per heavy atom. The number of aryl methyl sites for hydroxylation is 1. The monoisotopic (exact) mass is 379 g/mol. The Bertz CT molecular complexity index is 780. The summed E-state index contributed by atoms with van der Waals surface area (Å²) in [6, 6.07) is 2.47. The van der Waals surface area contributed by atoms with Gasteiger partial charge in [-0.1, -0.05) is 0 Å². The topological polar surface area (TPSA) is 53.9 Å². The van der Waals surface area contributed by atoms with Crippen LogP contribution in [0, 0.1) is 6.92 Å². The molecule has 140 valence electrons. The molecular weight excluding hydrogens is 356 g/mol. The smallest absolute Gasteiger partial charge is 0.248 e. The highest BCUT2D eigenvalue weighted by atomic mass is 32.1. The number of nitrogens with one attached hydrogen (secondary N) is 1. The van der Waals surface area contributed by atoms with E-state index in [-0.39, 0.29) is 18.9 Å². The van der Waals surface area contributed by atoms with Crippen LogP contribution in [0.2, 0.25) is 0 Å². The van der Waals surface area contributed by atoms with E-state index in [1.54, 1.807) is 0 Å². The molecule has 0 aliphatic heterocycles. The average molecular weight is 379 g/mol. The summed E-state index contributed by atoms with van der Waals surface area (Å²) in [6.07, 6.45) is 3.12. The van der Waals surface area contributed by atoms with E-state index in [1.807, 2.05) is 25.4 Å². The van der Waals surface area contributed by atoms with Crippen LogP contribution in [0.5, 0.6) is 0 Å². The normalized spacial score (nSPS) is 20.2. The first-order valence-electron chi connectivity index (χ1n) is 9.08. The number of alkyl halides is 2. The van der Waals surface area contributed by atoms with Crippen LogP contribution >= 0.6 is 11.3 Å². The second kappa shape index (κ2) is 6.72. The van der Waals surface area contributed by atoms with Gasteiger partial charge in [0.1, 0.15) is 11.6 Å². The van der Waals surface area contributed by atoms with Crippen molar-refractivity contribution in [2.24, 2.45) is 0 Å². The lowest BCUT2D eigenvalue weighted by Gasteiger charge is -2.29. The van der Waals surface area contributed by atoms with E-state index in [0.717, 1.165) is 16.5 Å². The fraction of sp³-hybridized carbons (Fsp3) is 0.611. The van der Waals surface area contributed by atoms with Gasteiger partial charge in [-0.3, -0.25) is 0 Å². The minimum Gasteiger partial charge on any atom is -0.367 e. The highest BCUT2D eigenvalue weighted by Crippen LogP contribution is 2.35. The molecule has 1 N–H and O–H groups in total. The van der Waals surface area contributed by atoms with Crippen molar-refractivity contribution in [2.45, 2.75) is 63.5 Å². The number of halogens is 2. The van der Waals surface area contributed by atoms with Crippen molar-refractivity contribution >= 4 is 23.0 Å². The highest BCUT2D eigenvalue weighted by molar-refractivity contribution is 7.13. The van der Waals surface area contributed by atoms with Crippen LogP contribution in [0.1, 0.15) is 44.2 Å². The van der Waals surface area contributed by atoms with Crippen LogP contribution < -0.4 is 10.2 Å². The fourth-order valence-corrected chi connectivity index (χ4v) is 4.01. The summed E-state index contributed by atoms with van der Waals surface area (Å²) < 4.78 is 26.8. The lowest BCUT2D eigenvalue weighted by Crippen LogP contribution is -2.32. The molecule has 2 aliphatic carbocycles. The lowest BCUT2D eigenvalue weighted by atomic mass is 9.92. The quantitative estimate of drug-likeness (QED) is 0.829. The third-order valence-electron chi connectivity index (χ3n) is 5.05. The molecule has 2 heterocycles. The number of nitrogens with zero attached hydrogens (tertiary/aromatic N) is 4. The van der Waals surface area contributed by atoms with E-state index in [1.165, 1.54) is 24.2 Å². The van der Waals surface area contributed by atoms with Gasteiger partial charge in [-0.25, -0.2) is 23.7 Å². The Kier molecular flexibility index (Phi) is 4.54. The van der Waals surface area contributed by atoms with Gasteiger partial charge in [0.2, 0.25) is 5.92 Å². The van der Waals surface area contributed by atoms with Crippen molar-refractivity contribution in [3.05, 3.63) is 17.1 Å². The zero-order chi connectivity index (χ0) is 18.3. The maximum atomic E-state index is 13.4. The van der Waals surface area contributed by atoms with Crippen molar-refractivity contribution < 1.29 is 8.78 Å². The second-order valence-corrected chi connectivity index (χ2v) is 8.20. The SMILES string of the molecule is Cc1csc(-c2nc(NC3CCC(F)(F)CC3)cc(N(C)C3CC3)n2)n1. The van der Waals surface area contributed by atoms with E-state index in [4.69, 9.17) is 4.98 Å². The minimum absolute atomic E-state index is 0.0227. The third kappa shape index (κ3) is 3.95. The first-order chi connectivity index (χ1) is 12.4. The zero-order valence-electron chi connectivity index (χ0n) is 15.0. The molecule has 0 atom stereocenters. The van der Waals surface area contributed by atoms with Crippen LogP contribution in [-0.4, -0.2) is 40.0 Å². The second-order valence-electron chi connectivity index (χ2n) is 7.35. The number of aromatic nitrogens is 3. The largest absolute Gasteiger partial charge is 0.367 e. The summed E-state index contributed by atoms with van der Waals surface area (Å²) in [6.45, 7) is 1.95. The molecule has 0 radical (unpaired) electrons. The van der Waals surface area contributed by atoms with Crippen LogP contribution in [0.4, 0.5) is 20.4 Å². The third-order valence-corrected chi connectivity index (χ3v) is 6.00. The summed E-state index contributed by atoms with van der Waals surface area (Å²) in [5.74, 6) is -0.378. The maximum Gasteiger partial charge on any atom is 0.248 e. The van der Waals surface area contributed by atoms with Gasteiger partial charge < -0.3 is 10.2 Å². The molecule has 2 aliphatic rings. The van der Waals surface area contributed by atoms with Crippen molar-refractivity contribution in [3.8, 4) is 10.8 Å². The number of rotatable bonds is 5. The summed E-state index contributed by atoms with van der Waals surface area (Å²) in [5, 5.41) is 6.12. The zero-order valence-corrected chi connectivity index (χ0v) is 15.8. The minimum atomic E-state index is -2.52. The van der Waals surface area contributed by atoms with Gasteiger partial charge in [0.15, 0.2) is 10.8 Å². The molecule has 2 fully saturated rings. The number of anilines is 2. The van der Waals surface area contributed by atoms with E-state index in [0.29, 0.717) is 30.5 Å². The van der Waals surface area contributed by atoms with Gasteiger partial charge in [-0.05, 0) is 32.6 Å². The Morgan fingerprint density at radius 1 is 1.15 bits per heavy atom. The van der Waals surface area contributed by atoms with E-state index >= 15 is 0 Å². The number of hydrogen-bond donors (Lipinski definition) is 1. The summed E-state index contributed by atoms with van der Waals surface area (Å²) in [5.41, 5.74) is 0.943. The molecule has 0 bridgehead atoms. The van der Waals surface area contributed by atoms with Gasteiger partial charge in [-0.15, -0.1) is 11.3 Å². The molecule has 2 aromatic rings. The van der Waals surface area contributed by atoms with Crippen LogP contribution in [0.25, 0.3) is 10.8 Å². The predicted octanol–water partition coefficient (Wildman–Crippen LogP) is 4.50. The molecular formula is C18H23F2N5S. The Hall–Kier alpha value is -1.83. The van der Waals surface area contributed by atoms with Gasteiger partial charge in [-0.2, -0.15) is 0 Å². The summed E-state index contributed by atoms with van der Waals surface area (Å²) in [4.78, 5) is 16.0. The Morgan fingerprint density at radius 2 is 1.88 bits per heavy atom. The molecule has 0 aromatic carbocycles. The molecule has 0 saturated heterocycles. The van der Waals surface area contributed by atoms with Crippen LogP contribution in [-0.2, 0) is 0 Å². The van der Waals surface area contributed by atoms with Gasteiger partial charge >= 0.3 is 0 Å². The summed E-state index contributed by atoms with van der Waals surface area (Å²) >= 11 is 1.52. The van der Waals surface area contributed by atoms with E-state index in [2.05, 4.69) is 20.2 Å². The fourth-order valence-electron chi connectivity index (χ4n) is 3.28. The first kappa shape index (κ1) is 17.6. The number of thiazole rings is 1. The average Bonchev–Trinajstić information content (AvgIpc) is 3.37. The molecule has 8 heteroatoms. The van der Waals surface area contributed by atoms with E-state index < -0.39 is 5.92 Å². The van der Waals surface area contributed by atoms with Gasteiger partial charge in [0, 0.05) is 49.1 Å². The molecule has 0 unspecified atom stereocenters. The number of hydrogen-bond acceptors (Lipinski definition) is 6. The van der Waals surface area contributed by atoms with Crippen LogP contribution in [0.3, 0.4) is 0 Å². The first-order valence-corrected chi connectivity index (χ1v) is 9.96.